The van der Waals surface area contributed by atoms with Crippen LogP contribution in [0.15, 0.2) is 66.0 Å². The number of hydrogen-bond acceptors (Lipinski definition) is 1. The summed E-state index contributed by atoms with van der Waals surface area (Å²) >= 11 is 0. The van der Waals surface area contributed by atoms with Crippen molar-refractivity contribution in [1.82, 2.24) is 0 Å². The van der Waals surface area contributed by atoms with E-state index in [1.54, 1.807) is 67.9 Å². The molecule has 0 saturated carbocycles. The van der Waals surface area contributed by atoms with Crippen LogP contribution in [-0.4, -0.2) is 22.8 Å². The zero-order valence-corrected chi connectivity index (χ0v) is 31.9. The Morgan fingerprint density at radius 1 is 0.472 bits per heavy atom. The van der Waals surface area contributed by atoms with Crippen molar-refractivity contribution in [1.29, 1.82) is 0 Å². The summed E-state index contributed by atoms with van der Waals surface area (Å²) in [5.74, 6) is 0.385. The van der Waals surface area contributed by atoms with Crippen molar-refractivity contribution in [2.24, 2.45) is 0 Å². The molecule has 0 aliphatic carbocycles. The highest BCUT2D eigenvalue weighted by atomic mass is 28.3. The summed E-state index contributed by atoms with van der Waals surface area (Å²) in [7, 11) is -6.23. The van der Waals surface area contributed by atoms with Gasteiger partial charge in [0.1, 0.15) is 21.9 Å². The average molecular weight is 799 g/mol. The van der Waals surface area contributed by atoms with Gasteiger partial charge in [-0.1, -0.05) is 123 Å². The van der Waals surface area contributed by atoms with Gasteiger partial charge in [-0.15, -0.1) is 0 Å². The largest absolute Gasteiger partial charge is 0.494 e. The van der Waals surface area contributed by atoms with Gasteiger partial charge in [-0.3, -0.25) is 0 Å². The molecule has 0 unspecified atom stereocenters. The summed E-state index contributed by atoms with van der Waals surface area (Å²) < 4.78 is 169. The monoisotopic (exact) mass is 798 g/mol. The molecule has 3 aromatic carbocycles. The van der Waals surface area contributed by atoms with E-state index in [1.807, 2.05) is 0 Å². The third-order valence-corrected chi connectivity index (χ3v) is 14.3. The van der Waals surface area contributed by atoms with Gasteiger partial charge in [0.05, 0.1) is 28.9 Å². The third kappa shape index (κ3) is 13.1. The first-order valence-corrected chi connectivity index (χ1v) is 23.1. The predicted octanol–water partition coefficient (Wildman–Crippen LogP) is 12.8. The Morgan fingerprint density at radius 2 is 0.811 bits per heavy atom. The van der Waals surface area contributed by atoms with Gasteiger partial charge in [-0.25, -0.2) is 0 Å². The van der Waals surface area contributed by atoms with Crippen molar-refractivity contribution in [3.05, 3.63) is 99.4 Å². The molecular formula is C38H42F12OSi2. The molecule has 53 heavy (non-hydrogen) atoms. The fourth-order valence-electron chi connectivity index (χ4n) is 5.45. The molecule has 1 nitrogen and oxygen atoms in total. The minimum absolute atomic E-state index is 0.0784. The SMILES string of the molecule is CCCCCCCCOc1cc(/C=C/[Si](C)(C)c2cc(C(F)(F)F)cc(C(F)(F)F)c2)cc(/C=C/[Si](C)(C)c2cc(C(F)(F)F)cc(C(F)(F)F)c2)c1. The molecule has 0 fully saturated rings. The van der Waals surface area contributed by atoms with Crippen LogP contribution in [0.4, 0.5) is 52.7 Å². The van der Waals surface area contributed by atoms with Gasteiger partial charge in [0.2, 0.25) is 0 Å². The van der Waals surface area contributed by atoms with Crippen molar-refractivity contribution in [3.63, 3.8) is 0 Å². The van der Waals surface area contributed by atoms with Crippen LogP contribution in [-0.2, 0) is 24.7 Å². The first-order chi connectivity index (χ1) is 24.2. The minimum atomic E-state index is -5.01. The average Bonchev–Trinajstić information content (AvgIpc) is 3.04. The second-order valence-corrected chi connectivity index (χ2v) is 22.9. The van der Waals surface area contributed by atoms with Crippen molar-refractivity contribution in [3.8, 4) is 5.75 Å². The summed E-state index contributed by atoms with van der Waals surface area (Å²) in [6, 6.07) is 8.00. The van der Waals surface area contributed by atoms with Gasteiger partial charge >= 0.3 is 24.7 Å². The van der Waals surface area contributed by atoms with Crippen LogP contribution in [0.3, 0.4) is 0 Å². The van der Waals surface area contributed by atoms with Gasteiger partial charge < -0.3 is 4.74 Å². The first-order valence-electron chi connectivity index (χ1n) is 17.0. The van der Waals surface area contributed by atoms with Crippen molar-refractivity contribution >= 4 is 38.7 Å². The van der Waals surface area contributed by atoms with Crippen LogP contribution in [0.1, 0.15) is 78.8 Å². The molecule has 0 aromatic heterocycles. The van der Waals surface area contributed by atoms with Crippen LogP contribution in [0.5, 0.6) is 5.75 Å². The summed E-state index contributed by atoms with van der Waals surface area (Å²) in [6.07, 6.45) is -10.9. The maximum absolute atomic E-state index is 13.6. The van der Waals surface area contributed by atoms with E-state index in [1.165, 1.54) is 0 Å². The van der Waals surface area contributed by atoms with Gasteiger partial charge in [0.25, 0.3) is 0 Å². The van der Waals surface area contributed by atoms with Crippen molar-refractivity contribution in [2.75, 3.05) is 6.61 Å². The Kier molecular flexibility index (Phi) is 14.0. The number of halogens is 12. The van der Waals surface area contributed by atoms with Gasteiger partial charge in [-0.2, -0.15) is 52.7 Å². The Morgan fingerprint density at radius 3 is 1.15 bits per heavy atom. The highest BCUT2D eigenvalue weighted by molar-refractivity contribution is 6.94. The van der Waals surface area contributed by atoms with E-state index in [0.29, 0.717) is 23.5 Å². The summed E-state index contributed by atoms with van der Waals surface area (Å²) in [5.41, 5.74) is -1.52. The highest BCUT2D eigenvalue weighted by Crippen LogP contribution is 2.37. The molecule has 0 bridgehead atoms. The Bertz CT molecular complexity index is 1570. The molecule has 0 heterocycles. The second-order valence-electron chi connectivity index (χ2n) is 14.2. The fraction of sp³-hybridized carbons (Fsp3) is 0.421. The lowest BCUT2D eigenvalue weighted by Crippen LogP contribution is -2.41. The summed E-state index contributed by atoms with van der Waals surface area (Å²) in [5, 5.41) is -0.197. The van der Waals surface area contributed by atoms with E-state index in [0.717, 1.165) is 62.8 Å². The van der Waals surface area contributed by atoms with Crippen LogP contribution >= 0.6 is 0 Å². The Balaban J connectivity index is 2.04. The maximum atomic E-state index is 13.6. The molecule has 0 amide bonds. The molecule has 0 aliphatic rings. The number of rotatable bonds is 14. The lowest BCUT2D eigenvalue weighted by atomic mass is 10.1. The zero-order chi connectivity index (χ0) is 40.0. The van der Waals surface area contributed by atoms with Gasteiger partial charge in [-0.05, 0) is 47.9 Å². The Labute approximate surface area is 303 Å². The van der Waals surface area contributed by atoms with E-state index in [4.69, 9.17) is 4.74 Å². The number of ether oxygens (including phenoxy) is 1. The predicted molar refractivity (Wildman–Crippen MR) is 191 cm³/mol. The number of alkyl halides is 12. The van der Waals surface area contributed by atoms with E-state index in [-0.39, 0.29) is 22.5 Å². The molecule has 3 aromatic rings. The molecule has 0 radical (unpaired) electrons. The Hall–Kier alpha value is -3.47. The van der Waals surface area contributed by atoms with Gasteiger partial charge in [0, 0.05) is 0 Å². The van der Waals surface area contributed by atoms with E-state index >= 15 is 0 Å². The summed E-state index contributed by atoms with van der Waals surface area (Å²) in [4.78, 5) is 0. The van der Waals surface area contributed by atoms with Crippen LogP contribution in [0.25, 0.3) is 12.2 Å². The molecule has 3 rings (SSSR count). The molecule has 0 saturated heterocycles. The lowest BCUT2D eigenvalue weighted by Gasteiger charge is -2.23. The minimum Gasteiger partial charge on any atom is -0.494 e. The van der Waals surface area contributed by atoms with Crippen molar-refractivity contribution in [2.45, 2.75) is 96.3 Å². The van der Waals surface area contributed by atoms with Crippen LogP contribution in [0, 0.1) is 0 Å². The van der Waals surface area contributed by atoms with Crippen LogP contribution in [0.2, 0.25) is 26.2 Å². The molecule has 15 heteroatoms. The fourth-order valence-corrected chi connectivity index (χ4v) is 9.16. The van der Waals surface area contributed by atoms with E-state index < -0.39 is 63.1 Å². The number of benzene rings is 3. The smallest absolute Gasteiger partial charge is 0.416 e. The molecular weight excluding hydrogens is 757 g/mol. The highest BCUT2D eigenvalue weighted by Gasteiger charge is 2.40. The summed E-state index contributed by atoms with van der Waals surface area (Å²) in [6.45, 7) is 8.82. The second kappa shape index (κ2) is 16.9. The molecule has 292 valence electrons. The number of unbranched alkanes of at least 4 members (excludes halogenated alkanes) is 5. The quantitative estimate of drug-likeness (QED) is 0.0897. The lowest BCUT2D eigenvalue weighted by molar-refractivity contribution is -0.144. The number of hydrogen-bond donors (Lipinski definition) is 0. The zero-order valence-electron chi connectivity index (χ0n) is 29.9. The molecule has 0 atom stereocenters. The van der Waals surface area contributed by atoms with Crippen LogP contribution < -0.4 is 15.1 Å². The topological polar surface area (TPSA) is 9.23 Å². The molecule has 0 aliphatic heterocycles. The van der Waals surface area contributed by atoms with E-state index in [2.05, 4.69) is 6.92 Å². The third-order valence-electron chi connectivity index (χ3n) is 8.77. The normalized spacial score (nSPS) is 13.8. The molecule has 0 N–H and O–H groups in total. The molecule has 0 spiro atoms. The maximum Gasteiger partial charge on any atom is 0.416 e. The standard InChI is InChI=1S/C38H42F12OSi2/c1-6-7-8-9-10-11-14-51-32-18-26(12-15-52(2,3)33-22-28(35(39,40)41)20-29(23-33)36(42,43)44)17-27(19-32)13-16-53(4,5)34-24-30(37(45,46)47)21-31(25-34)38(48,49)50/h12-13,15-25H,6-11,14H2,1-5H3/b15-12+,16-13+. The van der Waals surface area contributed by atoms with Gasteiger partial charge in [0.15, 0.2) is 0 Å². The van der Waals surface area contributed by atoms with Crippen molar-refractivity contribution < 1.29 is 57.4 Å². The van der Waals surface area contributed by atoms with E-state index in [9.17, 15) is 52.7 Å². The first kappa shape index (κ1) is 43.9.